The summed E-state index contributed by atoms with van der Waals surface area (Å²) in [4.78, 5) is 13.9. The maximum absolute atomic E-state index is 12.3. The Bertz CT molecular complexity index is 460. The Balaban J connectivity index is 0.00000200. The monoisotopic (exact) mass is 306 g/mol. The summed E-state index contributed by atoms with van der Waals surface area (Å²) in [6, 6.07) is 5.97. The van der Waals surface area contributed by atoms with Gasteiger partial charge in [-0.3, -0.25) is 4.79 Å². The molecule has 1 aliphatic heterocycles. The number of rotatable bonds is 3. The molecule has 0 aliphatic carbocycles. The fourth-order valence-corrected chi connectivity index (χ4v) is 2.21. The van der Waals surface area contributed by atoms with Crippen molar-refractivity contribution in [3.8, 4) is 5.75 Å². The van der Waals surface area contributed by atoms with Crippen LogP contribution in [0.2, 0.25) is 0 Å². The predicted molar refractivity (Wildman–Crippen MR) is 73.4 cm³/mol. The average molecular weight is 307 g/mol. The number of nitrogens with zero attached hydrogens (tertiary/aromatic N) is 1. The molecule has 1 saturated heterocycles. The van der Waals surface area contributed by atoms with E-state index in [1.807, 2.05) is 0 Å². The van der Waals surface area contributed by atoms with Crippen molar-refractivity contribution in [3.63, 3.8) is 0 Å². The van der Waals surface area contributed by atoms with Gasteiger partial charge in [-0.05, 0) is 25.0 Å². The van der Waals surface area contributed by atoms with Gasteiger partial charge in [-0.1, -0.05) is 12.1 Å². The smallest absolute Gasteiger partial charge is 0.387 e. The molecule has 0 spiro atoms. The first-order chi connectivity index (χ1) is 9.08. The van der Waals surface area contributed by atoms with Crippen molar-refractivity contribution < 1.29 is 18.3 Å². The Morgan fingerprint density at radius 3 is 2.75 bits per heavy atom. The zero-order chi connectivity index (χ0) is 13.8. The molecule has 4 nitrogen and oxygen atoms in total. The third-order valence-corrected chi connectivity index (χ3v) is 3.08. The van der Waals surface area contributed by atoms with Crippen molar-refractivity contribution in [3.05, 3.63) is 29.8 Å². The summed E-state index contributed by atoms with van der Waals surface area (Å²) in [5, 5.41) is 0. The fraction of sp³-hybridized carbons (Fsp3) is 0.462. The van der Waals surface area contributed by atoms with Crippen LogP contribution in [0.3, 0.4) is 0 Å². The Labute approximate surface area is 122 Å². The van der Waals surface area contributed by atoms with E-state index in [-0.39, 0.29) is 35.7 Å². The van der Waals surface area contributed by atoms with Crippen molar-refractivity contribution in [2.24, 2.45) is 5.73 Å². The van der Waals surface area contributed by atoms with Gasteiger partial charge in [0.1, 0.15) is 5.75 Å². The minimum Gasteiger partial charge on any atom is -0.434 e. The zero-order valence-corrected chi connectivity index (χ0v) is 11.6. The SMILES string of the molecule is Cl.NC1CCCN(C(=O)c2ccccc2OC(F)F)C1. The molecule has 7 heteroatoms. The Kier molecular flexibility index (Phi) is 6.16. The van der Waals surface area contributed by atoms with E-state index >= 15 is 0 Å². The number of benzene rings is 1. The van der Waals surface area contributed by atoms with Gasteiger partial charge < -0.3 is 15.4 Å². The number of alkyl halides is 2. The lowest BCUT2D eigenvalue weighted by atomic mass is 10.0. The molecule has 1 unspecified atom stereocenters. The van der Waals surface area contributed by atoms with Crippen LogP contribution in [0.4, 0.5) is 8.78 Å². The van der Waals surface area contributed by atoms with Gasteiger partial charge in [0.2, 0.25) is 0 Å². The average Bonchev–Trinajstić information content (AvgIpc) is 2.38. The highest BCUT2D eigenvalue weighted by molar-refractivity contribution is 5.97. The summed E-state index contributed by atoms with van der Waals surface area (Å²) in [7, 11) is 0. The van der Waals surface area contributed by atoms with E-state index in [0.717, 1.165) is 12.8 Å². The molecule has 1 heterocycles. The molecule has 0 radical (unpaired) electrons. The number of hydrogen-bond donors (Lipinski definition) is 1. The van der Waals surface area contributed by atoms with Crippen LogP contribution in [0.1, 0.15) is 23.2 Å². The number of ether oxygens (including phenoxy) is 1. The second-order valence-electron chi connectivity index (χ2n) is 4.53. The lowest BCUT2D eigenvalue weighted by Gasteiger charge is -2.31. The lowest BCUT2D eigenvalue weighted by Crippen LogP contribution is -2.45. The van der Waals surface area contributed by atoms with Crippen molar-refractivity contribution in [1.29, 1.82) is 0 Å². The van der Waals surface area contributed by atoms with E-state index in [9.17, 15) is 13.6 Å². The zero-order valence-electron chi connectivity index (χ0n) is 10.8. The summed E-state index contributed by atoms with van der Waals surface area (Å²) in [6.45, 7) is -1.91. The molecule has 1 aromatic rings. The van der Waals surface area contributed by atoms with E-state index < -0.39 is 6.61 Å². The van der Waals surface area contributed by atoms with Crippen LogP contribution < -0.4 is 10.5 Å². The number of hydrogen-bond acceptors (Lipinski definition) is 3. The molecular formula is C13H17ClF2N2O2. The van der Waals surface area contributed by atoms with Crippen molar-refractivity contribution in [2.45, 2.75) is 25.5 Å². The van der Waals surface area contributed by atoms with Gasteiger partial charge in [-0.25, -0.2) is 0 Å². The lowest BCUT2D eigenvalue weighted by molar-refractivity contribution is -0.0503. The molecule has 0 bridgehead atoms. The molecule has 1 fully saturated rings. The normalized spacial score (nSPS) is 18.6. The number of piperidine rings is 1. The maximum Gasteiger partial charge on any atom is 0.387 e. The second-order valence-corrected chi connectivity index (χ2v) is 4.53. The molecule has 1 atom stereocenters. The van der Waals surface area contributed by atoms with Crippen molar-refractivity contribution >= 4 is 18.3 Å². The van der Waals surface area contributed by atoms with Gasteiger partial charge in [-0.15, -0.1) is 12.4 Å². The number of para-hydroxylation sites is 1. The molecule has 1 aliphatic rings. The van der Waals surface area contributed by atoms with Gasteiger partial charge in [0.25, 0.3) is 5.91 Å². The number of halogens is 3. The van der Waals surface area contributed by atoms with Crippen molar-refractivity contribution in [2.75, 3.05) is 13.1 Å². The van der Waals surface area contributed by atoms with E-state index in [1.165, 1.54) is 12.1 Å². The van der Waals surface area contributed by atoms with Gasteiger partial charge in [0.15, 0.2) is 0 Å². The molecule has 0 aromatic heterocycles. The van der Waals surface area contributed by atoms with Gasteiger partial charge in [0.05, 0.1) is 5.56 Å². The topological polar surface area (TPSA) is 55.6 Å². The second kappa shape index (κ2) is 7.40. The van der Waals surface area contributed by atoms with Crippen LogP contribution in [0, 0.1) is 0 Å². The summed E-state index contributed by atoms with van der Waals surface area (Å²) in [5.74, 6) is -0.409. The van der Waals surface area contributed by atoms with Crippen LogP contribution >= 0.6 is 12.4 Å². The van der Waals surface area contributed by atoms with Crippen molar-refractivity contribution in [1.82, 2.24) is 4.90 Å². The predicted octanol–water partition coefficient (Wildman–Crippen LogP) is 2.27. The summed E-state index contributed by atoms with van der Waals surface area (Å²) in [6.07, 6.45) is 1.70. The van der Waals surface area contributed by atoms with E-state index in [0.29, 0.717) is 13.1 Å². The molecular weight excluding hydrogens is 290 g/mol. The molecule has 2 N–H and O–H groups in total. The molecule has 1 amide bonds. The molecule has 2 rings (SSSR count). The first-order valence-corrected chi connectivity index (χ1v) is 6.16. The summed E-state index contributed by atoms with van der Waals surface area (Å²) in [5.41, 5.74) is 5.96. The highest BCUT2D eigenvalue weighted by atomic mass is 35.5. The Morgan fingerprint density at radius 1 is 1.40 bits per heavy atom. The largest absolute Gasteiger partial charge is 0.434 e. The van der Waals surface area contributed by atoms with Crippen LogP contribution in [-0.4, -0.2) is 36.5 Å². The summed E-state index contributed by atoms with van der Waals surface area (Å²) < 4.78 is 29.0. The number of carbonyl (C=O) groups is 1. The molecule has 0 saturated carbocycles. The summed E-state index contributed by atoms with van der Waals surface area (Å²) >= 11 is 0. The number of amides is 1. The number of likely N-dealkylation sites (tertiary alicyclic amines) is 1. The molecule has 1 aromatic carbocycles. The highest BCUT2D eigenvalue weighted by Gasteiger charge is 2.25. The fourth-order valence-electron chi connectivity index (χ4n) is 2.21. The maximum atomic E-state index is 12.3. The van der Waals surface area contributed by atoms with Crippen LogP contribution in [0.5, 0.6) is 5.75 Å². The van der Waals surface area contributed by atoms with Gasteiger partial charge in [0, 0.05) is 19.1 Å². The Hall–Kier alpha value is -1.40. The van der Waals surface area contributed by atoms with E-state index in [2.05, 4.69) is 4.74 Å². The first-order valence-electron chi connectivity index (χ1n) is 6.16. The van der Waals surface area contributed by atoms with Crippen LogP contribution in [-0.2, 0) is 0 Å². The first kappa shape index (κ1) is 16.7. The number of carbonyl (C=O) groups excluding carboxylic acids is 1. The quantitative estimate of drug-likeness (QED) is 0.932. The minimum atomic E-state index is -2.95. The van der Waals surface area contributed by atoms with Gasteiger partial charge >= 0.3 is 6.61 Å². The standard InChI is InChI=1S/C13H16F2N2O2.ClH/c14-13(15)19-11-6-2-1-5-10(11)12(18)17-7-3-4-9(16)8-17;/h1-2,5-6,9,13H,3-4,7-8,16H2;1H. The van der Waals surface area contributed by atoms with Gasteiger partial charge in [-0.2, -0.15) is 8.78 Å². The Morgan fingerprint density at radius 2 is 2.10 bits per heavy atom. The highest BCUT2D eigenvalue weighted by Crippen LogP contribution is 2.23. The third-order valence-electron chi connectivity index (χ3n) is 3.08. The number of nitrogens with two attached hydrogens (primary N) is 1. The molecule has 20 heavy (non-hydrogen) atoms. The van der Waals surface area contributed by atoms with Crippen LogP contribution in [0.15, 0.2) is 24.3 Å². The minimum absolute atomic E-state index is 0. The third kappa shape index (κ3) is 4.05. The molecule has 112 valence electrons. The van der Waals surface area contributed by atoms with E-state index in [1.54, 1.807) is 17.0 Å². The van der Waals surface area contributed by atoms with E-state index in [4.69, 9.17) is 5.73 Å². The van der Waals surface area contributed by atoms with Crippen LogP contribution in [0.25, 0.3) is 0 Å².